The van der Waals surface area contributed by atoms with Crippen molar-refractivity contribution in [2.45, 2.75) is 20.8 Å². The second-order valence-electron chi connectivity index (χ2n) is 7.10. The molecular weight excluding hydrogens is 408 g/mol. The summed E-state index contributed by atoms with van der Waals surface area (Å²) < 4.78 is 12.1. The molecule has 0 atom stereocenters. The summed E-state index contributed by atoms with van der Waals surface area (Å²) in [5, 5.41) is 7.30. The molecule has 162 valence electrons. The number of furan rings is 1. The molecule has 1 N–H and O–H groups in total. The van der Waals surface area contributed by atoms with Crippen molar-refractivity contribution >= 4 is 17.6 Å². The van der Waals surface area contributed by atoms with Gasteiger partial charge in [0.15, 0.2) is 11.5 Å². The Morgan fingerprint density at radius 1 is 1.09 bits per heavy atom. The van der Waals surface area contributed by atoms with E-state index in [4.69, 9.17) is 9.15 Å². The Kier molecular flexibility index (Phi) is 5.85. The number of aryl methyl sites for hydroxylation is 2. The van der Waals surface area contributed by atoms with Crippen molar-refractivity contribution in [3.63, 3.8) is 0 Å². The van der Waals surface area contributed by atoms with E-state index in [0.29, 0.717) is 34.3 Å². The van der Waals surface area contributed by atoms with Gasteiger partial charge in [0.25, 0.3) is 5.91 Å². The third-order valence-corrected chi connectivity index (χ3v) is 4.76. The first-order chi connectivity index (χ1) is 15.5. The summed E-state index contributed by atoms with van der Waals surface area (Å²) in [5.41, 5.74) is 2.63. The molecule has 0 saturated carbocycles. The van der Waals surface area contributed by atoms with Gasteiger partial charge in [0.2, 0.25) is 0 Å². The molecule has 0 spiro atoms. The van der Waals surface area contributed by atoms with Crippen LogP contribution in [0.1, 0.15) is 39.3 Å². The van der Waals surface area contributed by atoms with Gasteiger partial charge in [-0.2, -0.15) is 5.10 Å². The molecule has 0 aliphatic carbocycles. The Bertz CT molecular complexity index is 1270. The summed E-state index contributed by atoms with van der Waals surface area (Å²) in [6.07, 6.45) is 1.65. The van der Waals surface area contributed by atoms with E-state index in [9.17, 15) is 9.59 Å². The number of rotatable bonds is 6. The predicted octanol–water partition coefficient (Wildman–Crippen LogP) is 4.57. The predicted molar refractivity (Wildman–Crippen MR) is 119 cm³/mol. The van der Waals surface area contributed by atoms with Crippen molar-refractivity contribution in [1.29, 1.82) is 0 Å². The fourth-order valence-electron chi connectivity index (χ4n) is 3.36. The van der Waals surface area contributed by atoms with Crippen LogP contribution in [-0.4, -0.2) is 33.2 Å². The van der Waals surface area contributed by atoms with Gasteiger partial charge in [-0.3, -0.25) is 4.79 Å². The molecule has 1 amide bonds. The zero-order valence-electron chi connectivity index (χ0n) is 18.0. The summed E-state index contributed by atoms with van der Waals surface area (Å²) in [4.78, 5) is 29.3. The summed E-state index contributed by atoms with van der Waals surface area (Å²) in [6, 6.07) is 16.1. The maximum absolute atomic E-state index is 12.7. The van der Waals surface area contributed by atoms with Crippen molar-refractivity contribution < 1.29 is 18.7 Å². The molecule has 8 heteroatoms. The van der Waals surface area contributed by atoms with Gasteiger partial charge in [0.05, 0.1) is 17.9 Å². The Morgan fingerprint density at radius 3 is 2.62 bits per heavy atom. The minimum absolute atomic E-state index is 0.173. The Labute approximate surface area is 184 Å². The van der Waals surface area contributed by atoms with Gasteiger partial charge in [-0.25, -0.2) is 14.5 Å². The smallest absolute Gasteiger partial charge is 0.358 e. The monoisotopic (exact) mass is 430 g/mol. The normalized spacial score (nSPS) is 10.7. The quantitative estimate of drug-likeness (QED) is 0.450. The van der Waals surface area contributed by atoms with Gasteiger partial charge in [0.1, 0.15) is 11.5 Å². The lowest BCUT2D eigenvalue weighted by molar-refractivity contribution is 0.0518. The minimum atomic E-state index is -0.515. The highest BCUT2D eigenvalue weighted by Crippen LogP contribution is 2.27. The molecule has 0 radical (unpaired) electrons. The molecule has 0 fully saturated rings. The van der Waals surface area contributed by atoms with Gasteiger partial charge < -0.3 is 14.5 Å². The highest BCUT2D eigenvalue weighted by Gasteiger charge is 2.19. The van der Waals surface area contributed by atoms with E-state index in [1.807, 2.05) is 24.3 Å². The van der Waals surface area contributed by atoms with Crippen LogP contribution in [0.5, 0.6) is 0 Å². The first-order valence-electron chi connectivity index (χ1n) is 10.1. The van der Waals surface area contributed by atoms with Gasteiger partial charge in [-0.15, -0.1) is 0 Å². The van der Waals surface area contributed by atoms with E-state index >= 15 is 0 Å². The van der Waals surface area contributed by atoms with E-state index in [1.165, 1.54) is 0 Å². The van der Waals surface area contributed by atoms with Gasteiger partial charge >= 0.3 is 5.97 Å². The van der Waals surface area contributed by atoms with Crippen LogP contribution in [0.25, 0.3) is 17.1 Å². The maximum Gasteiger partial charge on any atom is 0.358 e. The van der Waals surface area contributed by atoms with Crippen LogP contribution in [0, 0.1) is 13.8 Å². The molecule has 0 aliphatic rings. The largest absolute Gasteiger partial charge is 0.466 e. The average molecular weight is 430 g/mol. The van der Waals surface area contributed by atoms with Crippen molar-refractivity contribution in [3.05, 3.63) is 83.6 Å². The zero-order chi connectivity index (χ0) is 22.7. The van der Waals surface area contributed by atoms with Crippen molar-refractivity contribution in [1.82, 2.24) is 14.8 Å². The molecule has 3 aromatic heterocycles. The molecule has 4 rings (SSSR count). The zero-order valence-corrected chi connectivity index (χ0v) is 18.0. The number of amides is 1. The van der Waals surface area contributed by atoms with Crippen molar-refractivity contribution in [2.75, 3.05) is 11.9 Å². The number of benzene rings is 1. The van der Waals surface area contributed by atoms with E-state index in [0.717, 1.165) is 5.56 Å². The number of carbonyl (C=O) groups is 2. The van der Waals surface area contributed by atoms with E-state index in [1.54, 1.807) is 62.0 Å². The van der Waals surface area contributed by atoms with Crippen LogP contribution in [0.4, 0.5) is 5.69 Å². The number of ether oxygens (including phenoxy) is 1. The molecule has 0 unspecified atom stereocenters. The number of esters is 1. The Balaban J connectivity index is 1.71. The summed E-state index contributed by atoms with van der Waals surface area (Å²) >= 11 is 0. The van der Waals surface area contributed by atoms with Gasteiger partial charge in [0, 0.05) is 17.4 Å². The number of nitrogens with one attached hydrogen (secondary N) is 1. The van der Waals surface area contributed by atoms with Crippen molar-refractivity contribution in [2.24, 2.45) is 0 Å². The second kappa shape index (κ2) is 8.89. The van der Waals surface area contributed by atoms with E-state index < -0.39 is 5.97 Å². The molecule has 0 saturated heterocycles. The molecule has 8 nitrogen and oxygen atoms in total. The fraction of sp³-hybridized carbons (Fsp3) is 0.167. The number of hydrogen-bond acceptors (Lipinski definition) is 6. The number of anilines is 1. The molecule has 3 heterocycles. The topological polar surface area (TPSA) is 99.2 Å². The summed E-state index contributed by atoms with van der Waals surface area (Å²) in [5.74, 6) is 1.01. The lowest BCUT2D eigenvalue weighted by Gasteiger charge is -2.09. The van der Waals surface area contributed by atoms with Crippen LogP contribution < -0.4 is 5.32 Å². The molecule has 1 aromatic carbocycles. The third-order valence-electron chi connectivity index (χ3n) is 4.76. The average Bonchev–Trinajstić information content (AvgIpc) is 3.38. The third kappa shape index (κ3) is 4.29. The highest BCUT2D eigenvalue weighted by atomic mass is 16.5. The molecule has 0 aliphatic heterocycles. The fourth-order valence-corrected chi connectivity index (χ4v) is 3.36. The standard InChI is InChI=1S/C24H22N4O4/c1-4-31-24(30)20-14-21(28(27-20)22-10-5-6-11-25-22)17-8-7-9-18(13-17)26-23(29)19-12-15(2)32-16(19)3/h5-14H,4H2,1-3H3,(H,26,29). The van der Waals surface area contributed by atoms with Crippen LogP contribution >= 0.6 is 0 Å². The first-order valence-corrected chi connectivity index (χ1v) is 10.1. The lowest BCUT2D eigenvalue weighted by atomic mass is 10.1. The number of carbonyl (C=O) groups excluding carboxylic acids is 2. The number of nitrogens with zero attached hydrogens (tertiary/aromatic N) is 3. The number of hydrogen-bond donors (Lipinski definition) is 1. The van der Waals surface area contributed by atoms with Crippen LogP contribution in [0.3, 0.4) is 0 Å². The lowest BCUT2D eigenvalue weighted by Crippen LogP contribution is -2.12. The van der Waals surface area contributed by atoms with Gasteiger partial charge in [-0.1, -0.05) is 18.2 Å². The molecule has 4 aromatic rings. The summed E-state index contributed by atoms with van der Waals surface area (Å²) in [7, 11) is 0. The number of pyridine rings is 1. The van der Waals surface area contributed by atoms with Crippen LogP contribution in [0.2, 0.25) is 0 Å². The van der Waals surface area contributed by atoms with Crippen LogP contribution in [0.15, 0.2) is 65.2 Å². The van der Waals surface area contributed by atoms with Gasteiger partial charge in [-0.05, 0) is 57.2 Å². The van der Waals surface area contributed by atoms with Crippen molar-refractivity contribution in [3.8, 4) is 17.1 Å². The second-order valence-corrected chi connectivity index (χ2v) is 7.10. The SMILES string of the molecule is CCOC(=O)c1cc(-c2cccc(NC(=O)c3cc(C)oc3C)c2)n(-c2ccccn2)n1. The molecular formula is C24H22N4O4. The Hall–Kier alpha value is -4.20. The molecule has 32 heavy (non-hydrogen) atoms. The maximum atomic E-state index is 12.7. The number of aromatic nitrogens is 3. The Morgan fingerprint density at radius 2 is 1.94 bits per heavy atom. The first kappa shape index (κ1) is 21.0. The van der Waals surface area contributed by atoms with E-state index in [2.05, 4.69) is 15.4 Å². The minimum Gasteiger partial charge on any atom is -0.466 e. The van der Waals surface area contributed by atoms with E-state index in [-0.39, 0.29) is 18.2 Å². The van der Waals surface area contributed by atoms with Crippen LogP contribution in [-0.2, 0) is 4.74 Å². The molecule has 0 bridgehead atoms. The summed E-state index contributed by atoms with van der Waals surface area (Å²) in [6.45, 7) is 5.54. The highest BCUT2D eigenvalue weighted by molar-refractivity contribution is 6.05.